The van der Waals surface area contributed by atoms with Crippen LogP contribution < -0.4 is 5.32 Å². The minimum Gasteiger partial charge on any atom is -0.464 e. The Bertz CT molecular complexity index is 1520. The molecule has 12 heteroatoms. The molecular weight excluding hydrogens is 606 g/mol. The molecule has 0 saturated carbocycles. The molecule has 0 bridgehead atoms. The third kappa shape index (κ3) is 10.9. The maximum atomic E-state index is 13.9. The summed E-state index contributed by atoms with van der Waals surface area (Å²) in [5.74, 6) is 0.419. The quantitative estimate of drug-likeness (QED) is 0.180. The Balaban J connectivity index is 1.73. The second-order valence-electron chi connectivity index (χ2n) is 13.9. The van der Waals surface area contributed by atoms with E-state index in [4.69, 9.17) is 9.15 Å². The molecule has 0 saturated heterocycles. The molecule has 2 aromatic heterocycles. The van der Waals surface area contributed by atoms with Gasteiger partial charge in [-0.3, -0.25) is 9.48 Å². The fourth-order valence-electron chi connectivity index (χ4n) is 5.31. The lowest BCUT2D eigenvalue weighted by molar-refractivity contribution is -0.134. The van der Waals surface area contributed by atoms with Crippen molar-refractivity contribution in [2.75, 3.05) is 19.6 Å². The number of hydrogen-bond acceptors (Lipinski definition) is 7. The molecule has 2 amide bonds. The fourth-order valence-corrected chi connectivity index (χ4v) is 6.79. The molecule has 0 unspecified atom stereocenters. The van der Waals surface area contributed by atoms with Gasteiger partial charge >= 0.3 is 6.09 Å². The molecule has 0 radical (unpaired) electrons. The Kier molecular flexibility index (Phi) is 12.9. The number of nitrogens with zero attached hydrogens (tertiary/aromatic N) is 4. The molecule has 0 aliphatic heterocycles. The molecule has 3 aromatic rings. The van der Waals surface area contributed by atoms with Gasteiger partial charge in [0, 0.05) is 37.8 Å². The molecule has 0 aliphatic rings. The number of carbonyl (C=O) groups excluding carboxylic acids is 2. The SMILES string of the molecule is Cc1cc(CN(CCCCC[C@H](NC(=O)OC(C)(C)C)C(=O)N(CC(C)C)CC(C)C)S(=O)(=O)c2ccc3occc3c2)nn1C. The van der Waals surface area contributed by atoms with Gasteiger partial charge in [0.25, 0.3) is 0 Å². The molecule has 1 atom stereocenters. The zero-order valence-corrected chi connectivity index (χ0v) is 29.8. The van der Waals surface area contributed by atoms with E-state index in [9.17, 15) is 18.0 Å². The number of nitrogens with one attached hydrogen (secondary N) is 1. The largest absolute Gasteiger partial charge is 0.464 e. The third-order valence-electron chi connectivity index (χ3n) is 7.44. The van der Waals surface area contributed by atoms with Crippen LogP contribution in [-0.4, -0.2) is 70.7 Å². The minimum absolute atomic E-state index is 0.127. The van der Waals surface area contributed by atoms with Crippen LogP contribution in [0.1, 0.15) is 85.5 Å². The van der Waals surface area contributed by atoms with Crippen LogP contribution in [0.4, 0.5) is 4.79 Å². The van der Waals surface area contributed by atoms with Crippen molar-refractivity contribution in [3.05, 3.63) is 48.0 Å². The van der Waals surface area contributed by atoms with Gasteiger partial charge in [-0.2, -0.15) is 9.40 Å². The lowest BCUT2D eigenvalue weighted by atomic mass is 10.0. The van der Waals surface area contributed by atoms with Crippen molar-refractivity contribution in [3.8, 4) is 0 Å². The van der Waals surface area contributed by atoms with E-state index in [2.05, 4.69) is 38.1 Å². The first-order chi connectivity index (χ1) is 21.5. The van der Waals surface area contributed by atoms with Crippen LogP contribution in [0, 0.1) is 18.8 Å². The van der Waals surface area contributed by atoms with Crippen LogP contribution in [0.25, 0.3) is 11.0 Å². The lowest BCUT2D eigenvalue weighted by Gasteiger charge is -2.31. The predicted octanol–water partition coefficient (Wildman–Crippen LogP) is 6.26. The number of benzene rings is 1. The summed E-state index contributed by atoms with van der Waals surface area (Å²) in [5, 5.41) is 8.03. The Morgan fingerprint density at radius 1 is 1.02 bits per heavy atom. The number of sulfonamides is 1. The number of aryl methyl sites for hydroxylation is 2. The second-order valence-corrected chi connectivity index (χ2v) is 15.9. The topological polar surface area (TPSA) is 127 Å². The number of alkyl carbamates (subject to hydrolysis) is 1. The fraction of sp³-hybridized carbons (Fsp3) is 0.618. The van der Waals surface area contributed by atoms with Gasteiger partial charge < -0.3 is 19.4 Å². The summed E-state index contributed by atoms with van der Waals surface area (Å²) in [7, 11) is -2.02. The van der Waals surface area contributed by atoms with Crippen molar-refractivity contribution in [3.63, 3.8) is 0 Å². The minimum atomic E-state index is -3.85. The summed E-state index contributed by atoms with van der Waals surface area (Å²) >= 11 is 0. The van der Waals surface area contributed by atoms with E-state index in [0.717, 1.165) is 5.69 Å². The number of carbonyl (C=O) groups is 2. The standard InChI is InChI=1S/C34H53N5O6S/c1-24(2)21-38(22-25(3)4)32(40)30(35-33(41)45-34(6,7)8)13-11-10-12-17-39(23-28-19-26(5)37(9)36-28)46(42,43)29-14-15-31-27(20-29)16-18-44-31/h14-16,18-20,24-25,30H,10-13,17,21-23H2,1-9H3,(H,35,41)/t30-/m0/s1. The van der Waals surface area contributed by atoms with Gasteiger partial charge in [0.2, 0.25) is 15.9 Å². The number of unbranched alkanes of at least 4 members (excludes halogenated alkanes) is 2. The van der Waals surface area contributed by atoms with Crippen molar-refractivity contribution >= 4 is 33.0 Å². The molecule has 2 heterocycles. The number of ether oxygens (including phenoxy) is 1. The highest BCUT2D eigenvalue weighted by molar-refractivity contribution is 7.89. The van der Waals surface area contributed by atoms with Gasteiger partial charge in [-0.25, -0.2) is 13.2 Å². The molecule has 1 aromatic carbocycles. The normalized spacial score (nSPS) is 13.1. The molecule has 0 fully saturated rings. The highest BCUT2D eigenvalue weighted by Crippen LogP contribution is 2.25. The monoisotopic (exact) mass is 659 g/mol. The van der Waals surface area contributed by atoms with Crippen molar-refractivity contribution in [2.45, 2.75) is 104 Å². The van der Waals surface area contributed by atoms with E-state index in [1.165, 1.54) is 10.6 Å². The van der Waals surface area contributed by atoms with Gasteiger partial charge in [0.15, 0.2) is 0 Å². The van der Waals surface area contributed by atoms with Crippen LogP contribution >= 0.6 is 0 Å². The first-order valence-corrected chi connectivity index (χ1v) is 17.7. The molecule has 46 heavy (non-hydrogen) atoms. The van der Waals surface area contributed by atoms with Crippen LogP contribution in [0.15, 0.2) is 45.9 Å². The average molecular weight is 660 g/mol. The number of hydrogen-bond donors (Lipinski definition) is 1. The van der Waals surface area contributed by atoms with Crippen LogP contribution in [0.2, 0.25) is 0 Å². The van der Waals surface area contributed by atoms with E-state index >= 15 is 0 Å². The van der Waals surface area contributed by atoms with Crippen molar-refractivity contribution < 1.29 is 27.2 Å². The Morgan fingerprint density at radius 3 is 2.28 bits per heavy atom. The maximum absolute atomic E-state index is 13.9. The van der Waals surface area contributed by atoms with Crippen LogP contribution in [-0.2, 0) is 33.1 Å². The number of amides is 2. The molecular formula is C34H53N5O6S. The van der Waals surface area contributed by atoms with Gasteiger partial charge in [0.1, 0.15) is 17.2 Å². The van der Waals surface area contributed by atoms with Gasteiger partial charge in [-0.15, -0.1) is 0 Å². The first-order valence-electron chi connectivity index (χ1n) is 16.2. The summed E-state index contributed by atoms with van der Waals surface area (Å²) in [5.41, 5.74) is 1.52. The second kappa shape index (κ2) is 15.9. The molecule has 0 aliphatic carbocycles. The Morgan fingerprint density at radius 2 is 1.70 bits per heavy atom. The van der Waals surface area contributed by atoms with Crippen LogP contribution in [0.5, 0.6) is 0 Å². The Hall–Kier alpha value is -3.38. The number of aromatic nitrogens is 2. The highest BCUT2D eigenvalue weighted by atomic mass is 32.2. The first kappa shape index (κ1) is 37.1. The van der Waals surface area contributed by atoms with E-state index in [0.29, 0.717) is 55.4 Å². The number of furan rings is 1. The van der Waals surface area contributed by atoms with Crippen molar-refractivity contribution in [1.29, 1.82) is 0 Å². The molecule has 0 spiro atoms. The lowest BCUT2D eigenvalue weighted by Crippen LogP contribution is -2.51. The maximum Gasteiger partial charge on any atom is 0.408 e. The van der Waals surface area contributed by atoms with E-state index < -0.39 is 27.8 Å². The summed E-state index contributed by atoms with van der Waals surface area (Å²) in [6, 6.07) is 7.75. The van der Waals surface area contributed by atoms with E-state index in [1.54, 1.807) is 49.7 Å². The third-order valence-corrected chi connectivity index (χ3v) is 9.28. The molecule has 11 nitrogen and oxygen atoms in total. The molecule has 256 valence electrons. The zero-order valence-electron chi connectivity index (χ0n) is 29.0. The zero-order chi connectivity index (χ0) is 34.2. The van der Waals surface area contributed by atoms with Crippen LogP contribution in [0.3, 0.4) is 0 Å². The summed E-state index contributed by atoms with van der Waals surface area (Å²) in [4.78, 5) is 28.5. The summed E-state index contributed by atoms with van der Waals surface area (Å²) in [6.45, 7) is 17.1. The Labute approximate surface area is 274 Å². The molecule has 3 rings (SSSR count). The number of fused-ring (bicyclic) bond motifs is 1. The number of rotatable bonds is 16. The molecule has 1 N–H and O–H groups in total. The van der Waals surface area contributed by atoms with E-state index in [-0.39, 0.29) is 35.7 Å². The van der Waals surface area contributed by atoms with Crippen molar-refractivity contribution in [2.24, 2.45) is 18.9 Å². The summed E-state index contributed by atoms with van der Waals surface area (Å²) in [6.07, 6.45) is 3.15. The highest BCUT2D eigenvalue weighted by Gasteiger charge is 2.29. The van der Waals surface area contributed by atoms with Gasteiger partial charge in [-0.05, 0) is 82.7 Å². The van der Waals surface area contributed by atoms with Crippen molar-refractivity contribution in [1.82, 2.24) is 24.3 Å². The predicted molar refractivity (Wildman–Crippen MR) is 180 cm³/mol. The van der Waals surface area contributed by atoms with Gasteiger partial charge in [-0.1, -0.05) is 40.5 Å². The smallest absolute Gasteiger partial charge is 0.408 e. The summed E-state index contributed by atoms with van der Waals surface area (Å²) < 4.78 is 41.9. The van der Waals surface area contributed by atoms with E-state index in [1.807, 2.05) is 24.9 Å². The van der Waals surface area contributed by atoms with Gasteiger partial charge in [0.05, 0.1) is 23.4 Å². The average Bonchev–Trinajstić information content (AvgIpc) is 3.54.